The molecular formula is C15H23NO3. The molecule has 2 N–H and O–H groups in total. The Morgan fingerprint density at radius 3 is 2.47 bits per heavy atom. The number of methoxy groups -OCH3 is 1. The number of rotatable bonds is 7. The Morgan fingerprint density at radius 1 is 1.32 bits per heavy atom. The van der Waals surface area contributed by atoms with Gasteiger partial charge < -0.3 is 15.2 Å². The lowest BCUT2D eigenvalue weighted by Crippen LogP contribution is -2.40. The van der Waals surface area contributed by atoms with E-state index < -0.39 is 12.0 Å². The third-order valence-electron chi connectivity index (χ3n) is 3.14. The lowest BCUT2D eigenvalue weighted by atomic mass is 9.93. The van der Waals surface area contributed by atoms with Crippen LogP contribution >= 0.6 is 0 Å². The molecule has 19 heavy (non-hydrogen) atoms. The molecule has 0 heterocycles. The standard InChI is InChI=1S/C15H23NO3/c1-11(2)14(17)13(15(18)19-3)10-16-9-12-7-5-4-6-8-12/h4-8,11,13-14,16-17H,9-10H2,1-3H3/t13-,14+/m0/s1. The van der Waals surface area contributed by atoms with Gasteiger partial charge in [-0.25, -0.2) is 0 Å². The molecule has 2 atom stereocenters. The van der Waals surface area contributed by atoms with E-state index in [4.69, 9.17) is 4.74 Å². The molecule has 0 spiro atoms. The molecule has 0 aliphatic rings. The molecule has 4 nitrogen and oxygen atoms in total. The quantitative estimate of drug-likeness (QED) is 0.735. The molecule has 0 fully saturated rings. The van der Waals surface area contributed by atoms with Gasteiger partial charge >= 0.3 is 5.97 Å². The predicted molar refractivity (Wildman–Crippen MR) is 74.5 cm³/mol. The Kier molecular flexibility index (Phi) is 6.53. The van der Waals surface area contributed by atoms with Crippen molar-refractivity contribution >= 4 is 5.97 Å². The highest BCUT2D eigenvalue weighted by Crippen LogP contribution is 2.14. The summed E-state index contributed by atoms with van der Waals surface area (Å²) in [6.07, 6.45) is -0.698. The van der Waals surface area contributed by atoms with E-state index in [2.05, 4.69) is 5.32 Å². The second kappa shape index (κ2) is 7.92. The number of ether oxygens (including phenoxy) is 1. The molecule has 0 aliphatic heterocycles. The number of aliphatic hydroxyl groups is 1. The number of carbonyl (C=O) groups is 1. The summed E-state index contributed by atoms with van der Waals surface area (Å²) in [6.45, 7) is 4.84. The lowest BCUT2D eigenvalue weighted by Gasteiger charge is -2.24. The van der Waals surface area contributed by atoms with E-state index in [1.165, 1.54) is 7.11 Å². The molecule has 1 aromatic carbocycles. The normalized spacial score (nSPS) is 14.2. The van der Waals surface area contributed by atoms with Crippen molar-refractivity contribution in [3.63, 3.8) is 0 Å². The molecule has 0 saturated heterocycles. The molecule has 4 heteroatoms. The van der Waals surface area contributed by atoms with E-state index in [-0.39, 0.29) is 11.9 Å². The minimum Gasteiger partial charge on any atom is -0.469 e. The molecule has 0 radical (unpaired) electrons. The highest BCUT2D eigenvalue weighted by atomic mass is 16.5. The van der Waals surface area contributed by atoms with Crippen molar-refractivity contribution in [3.05, 3.63) is 35.9 Å². The highest BCUT2D eigenvalue weighted by Gasteiger charge is 2.29. The van der Waals surface area contributed by atoms with Crippen LogP contribution in [-0.4, -0.2) is 30.8 Å². The molecule has 106 valence electrons. The monoisotopic (exact) mass is 265 g/mol. The van der Waals surface area contributed by atoms with Crippen molar-refractivity contribution in [2.24, 2.45) is 11.8 Å². The topological polar surface area (TPSA) is 58.6 Å². The maximum absolute atomic E-state index is 11.7. The van der Waals surface area contributed by atoms with E-state index >= 15 is 0 Å². The summed E-state index contributed by atoms with van der Waals surface area (Å²) in [5.41, 5.74) is 1.14. The van der Waals surface area contributed by atoms with Gasteiger partial charge in [0.15, 0.2) is 0 Å². The molecule has 0 amide bonds. The van der Waals surface area contributed by atoms with Crippen LogP contribution in [0.25, 0.3) is 0 Å². The second-order valence-electron chi connectivity index (χ2n) is 4.98. The number of nitrogens with one attached hydrogen (secondary N) is 1. The first-order valence-electron chi connectivity index (χ1n) is 6.56. The molecule has 0 aromatic heterocycles. The van der Waals surface area contributed by atoms with Gasteiger partial charge in [0, 0.05) is 13.1 Å². The maximum Gasteiger partial charge on any atom is 0.312 e. The van der Waals surface area contributed by atoms with Crippen molar-refractivity contribution in [2.45, 2.75) is 26.5 Å². The Balaban J connectivity index is 2.51. The van der Waals surface area contributed by atoms with Crippen LogP contribution in [0.2, 0.25) is 0 Å². The van der Waals surface area contributed by atoms with Gasteiger partial charge in [0.2, 0.25) is 0 Å². The predicted octanol–water partition coefficient (Wildman–Crippen LogP) is 1.58. The average molecular weight is 265 g/mol. The third kappa shape index (κ3) is 5.01. The van der Waals surface area contributed by atoms with E-state index in [1.54, 1.807) is 0 Å². The minimum atomic E-state index is -0.698. The number of carbonyl (C=O) groups excluding carboxylic acids is 1. The zero-order chi connectivity index (χ0) is 14.3. The van der Waals surface area contributed by atoms with Crippen molar-refractivity contribution in [3.8, 4) is 0 Å². The van der Waals surface area contributed by atoms with Crippen molar-refractivity contribution in [1.82, 2.24) is 5.32 Å². The van der Waals surface area contributed by atoms with Gasteiger partial charge in [-0.1, -0.05) is 44.2 Å². The van der Waals surface area contributed by atoms with Gasteiger partial charge in [-0.15, -0.1) is 0 Å². The second-order valence-corrected chi connectivity index (χ2v) is 4.98. The van der Waals surface area contributed by atoms with Gasteiger partial charge in [-0.3, -0.25) is 4.79 Å². The van der Waals surface area contributed by atoms with Crippen LogP contribution in [0.15, 0.2) is 30.3 Å². The first-order valence-corrected chi connectivity index (χ1v) is 6.56. The molecular weight excluding hydrogens is 242 g/mol. The van der Waals surface area contributed by atoms with E-state index in [1.807, 2.05) is 44.2 Å². The zero-order valence-corrected chi connectivity index (χ0v) is 11.8. The lowest BCUT2D eigenvalue weighted by molar-refractivity contribution is -0.150. The number of hydrogen-bond acceptors (Lipinski definition) is 4. The fourth-order valence-electron chi connectivity index (χ4n) is 1.93. The van der Waals surface area contributed by atoms with Crippen LogP contribution in [0.4, 0.5) is 0 Å². The Hall–Kier alpha value is -1.39. The summed E-state index contributed by atoms with van der Waals surface area (Å²) in [6, 6.07) is 9.93. The van der Waals surface area contributed by atoms with Gasteiger partial charge in [0.1, 0.15) is 0 Å². The maximum atomic E-state index is 11.7. The Labute approximate surface area is 114 Å². The molecule has 1 rings (SSSR count). The minimum absolute atomic E-state index is 0.0163. The summed E-state index contributed by atoms with van der Waals surface area (Å²) in [5, 5.41) is 13.2. The van der Waals surface area contributed by atoms with Gasteiger partial charge in [0.25, 0.3) is 0 Å². The molecule has 1 aromatic rings. The number of aliphatic hydroxyl groups excluding tert-OH is 1. The van der Waals surface area contributed by atoms with Gasteiger partial charge in [-0.05, 0) is 11.5 Å². The van der Waals surface area contributed by atoms with E-state index in [9.17, 15) is 9.90 Å². The van der Waals surface area contributed by atoms with Crippen LogP contribution in [0.5, 0.6) is 0 Å². The summed E-state index contributed by atoms with van der Waals surface area (Å²) < 4.78 is 4.75. The van der Waals surface area contributed by atoms with Crippen LogP contribution in [0.3, 0.4) is 0 Å². The van der Waals surface area contributed by atoms with Crippen LogP contribution in [-0.2, 0) is 16.1 Å². The van der Waals surface area contributed by atoms with Gasteiger partial charge in [-0.2, -0.15) is 0 Å². The first-order chi connectivity index (χ1) is 9.06. The summed E-state index contributed by atoms with van der Waals surface area (Å²) >= 11 is 0. The van der Waals surface area contributed by atoms with Gasteiger partial charge in [0.05, 0.1) is 19.1 Å². The zero-order valence-electron chi connectivity index (χ0n) is 11.8. The average Bonchev–Trinajstić information content (AvgIpc) is 2.43. The molecule has 0 unspecified atom stereocenters. The van der Waals surface area contributed by atoms with E-state index in [0.717, 1.165) is 5.56 Å². The van der Waals surface area contributed by atoms with Crippen molar-refractivity contribution in [2.75, 3.05) is 13.7 Å². The summed E-state index contributed by atoms with van der Waals surface area (Å²) in [7, 11) is 1.35. The summed E-state index contributed by atoms with van der Waals surface area (Å²) in [4.78, 5) is 11.7. The van der Waals surface area contributed by atoms with Crippen molar-refractivity contribution < 1.29 is 14.6 Å². The third-order valence-corrected chi connectivity index (χ3v) is 3.14. The van der Waals surface area contributed by atoms with Crippen LogP contribution < -0.4 is 5.32 Å². The Bertz CT molecular complexity index is 378. The van der Waals surface area contributed by atoms with Crippen LogP contribution in [0.1, 0.15) is 19.4 Å². The number of esters is 1. The highest BCUT2D eigenvalue weighted by molar-refractivity contribution is 5.73. The van der Waals surface area contributed by atoms with Crippen LogP contribution in [0, 0.1) is 11.8 Å². The van der Waals surface area contributed by atoms with Crippen molar-refractivity contribution in [1.29, 1.82) is 0 Å². The first kappa shape index (κ1) is 15.7. The fourth-order valence-corrected chi connectivity index (χ4v) is 1.93. The molecule has 0 saturated carbocycles. The van der Waals surface area contributed by atoms with E-state index in [0.29, 0.717) is 13.1 Å². The Morgan fingerprint density at radius 2 is 1.95 bits per heavy atom. The smallest absolute Gasteiger partial charge is 0.312 e. The number of benzene rings is 1. The SMILES string of the molecule is COC(=O)[C@@H](CNCc1ccccc1)[C@H](O)C(C)C. The number of hydrogen-bond donors (Lipinski definition) is 2. The molecule has 0 aliphatic carbocycles. The largest absolute Gasteiger partial charge is 0.469 e. The molecule has 0 bridgehead atoms. The fraction of sp³-hybridized carbons (Fsp3) is 0.533. The summed E-state index contributed by atoms with van der Waals surface area (Å²) in [5.74, 6) is -0.891.